The van der Waals surface area contributed by atoms with Gasteiger partial charge in [-0.05, 0) is 45.7 Å². The standard InChI is InChI=1S/C25H32N4O2/c1-18-17-28(23(30)31-24(2,3)4)15-16-29(18)22-20-13-9-10-14-21(20)25(5,27-26-22)19-11-7-6-8-12-19/h6-14,18,27H,15-17H2,1-5H3/t18-,25?/m0/s1. The summed E-state index contributed by atoms with van der Waals surface area (Å²) in [7, 11) is 0. The van der Waals surface area contributed by atoms with Crippen LogP contribution in [0.3, 0.4) is 0 Å². The number of carbonyl (C=O) groups is 1. The first-order valence-corrected chi connectivity index (χ1v) is 10.9. The Morgan fingerprint density at radius 3 is 2.45 bits per heavy atom. The van der Waals surface area contributed by atoms with E-state index in [4.69, 9.17) is 9.84 Å². The molecule has 6 heteroatoms. The van der Waals surface area contributed by atoms with Crippen molar-refractivity contribution in [3.63, 3.8) is 0 Å². The maximum atomic E-state index is 12.5. The van der Waals surface area contributed by atoms with Crippen LogP contribution < -0.4 is 5.43 Å². The molecule has 2 aliphatic heterocycles. The molecule has 2 aromatic carbocycles. The minimum absolute atomic E-state index is 0.121. The lowest BCUT2D eigenvalue weighted by molar-refractivity contribution is 0.0133. The Morgan fingerprint density at radius 2 is 1.77 bits per heavy atom. The predicted molar refractivity (Wildman–Crippen MR) is 123 cm³/mol. The number of benzene rings is 2. The minimum Gasteiger partial charge on any atom is -0.444 e. The lowest BCUT2D eigenvalue weighted by atomic mass is 9.81. The summed E-state index contributed by atoms with van der Waals surface area (Å²) in [5, 5.41) is 4.86. The van der Waals surface area contributed by atoms with Gasteiger partial charge in [-0.2, -0.15) is 5.10 Å². The van der Waals surface area contributed by atoms with Crippen molar-refractivity contribution in [1.82, 2.24) is 15.2 Å². The van der Waals surface area contributed by atoms with Crippen LogP contribution in [0.25, 0.3) is 0 Å². The first kappa shape index (κ1) is 21.2. The number of rotatable bonds is 1. The Hall–Kier alpha value is -3.02. The van der Waals surface area contributed by atoms with Gasteiger partial charge in [0, 0.05) is 31.2 Å². The SMILES string of the molecule is C[C@H]1CN(C(=O)OC(C)(C)C)CCN1C1=NNC(C)(c2ccccc2)c2ccccc21. The first-order valence-electron chi connectivity index (χ1n) is 10.9. The number of carbonyl (C=O) groups excluding carboxylic acids is 1. The van der Waals surface area contributed by atoms with E-state index in [0.717, 1.165) is 11.4 Å². The summed E-state index contributed by atoms with van der Waals surface area (Å²) in [4.78, 5) is 16.6. The zero-order valence-corrected chi connectivity index (χ0v) is 19.1. The van der Waals surface area contributed by atoms with Crippen LogP contribution in [-0.4, -0.2) is 53.0 Å². The van der Waals surface area contributed by atoms with Crippen LogP contribution in [0, 0.1) is 0 Å². The van der Waals surface area contributed by atoms with E-state index >= 15 is 0 Å². The molecule has 6 nitrogen and oxygen atoms in total. The van der Waals surface area contributed by atoms with Crippen LogP contribution >= 0.6 is 0 Å². The molecular weight excluding hydrogens is 388 g/mol. The van der Waals surface area contributed by atoms with E-state index in [1.54, 1.807) is 4.90 Å². The number of hydrazone groups is 1. The smallest absolute Gasteiger partial charge is 0.410 e. The monoisotopic (exact) mass is 420 g/mol. The van der Waals surface area contributed by atoms with Crippen molar-refractivity contribution < 1.29 is 9.53 Å². The van der Waals surface area contributed by atoms with Crippen molar-refractivity contribution in [2.75, 3.05) is 19.6 Å². The molecule has 0 aliphatic carbocycles. The van der Waals surface area contributed by atoms with Gasteiger partial charge in [0.2, 0.25) is 0 Å². The quantitative estimate of drug-likeness (QED) is 0.753. The Morgan fingerprint density at radius 1 is 1.10 bits per heavy atom. The third kappa shape index (κ3) is 4.11. The molecule has 0 aromatic heterocycles. The fraction of sp³-hybridized carbons (Fsp3) is 0.440. The first-order chi connectivity index (χ1) is 14.7. The molecule has 2 atom stereocenters. The number of hydrogen-bond donors (Lipinski definition) is 1. The Labute approximate surface area is 184 Å². The van der Waals surface area contributed by atoms with Crippen molar-refractivity contribution in [3.8, 4) is 0 Å². The van der Waals surface area contributed by atoms with Gasteiger partial charge in [0.05, 0.1) is 0 Å². The van der Waals surface area contributed by atoms with Crippen LogP contribution in [0.15, 0.2) is 59.7 Å². The number of nitrogens with zero attached hydrogens (tertiary/aromatic N) is 3. The highest BCUT2D eigenvalue weighted by atomic mass is 16.6. The van der Waals surface area contributed by atoms with Gasteiger partial charge in [0.25, 0.3) is 0 Å². The third-order valence-corrected chi connectivity index (χ3v) is 5.99. The van der Waals surface area contributed by atoms with Crippen LogP contribution in [0.2, 0.25) is 0 Å². The molecule has 0 saturated carbocycles. The summed E-state index contributed by atoms with van der Waals surface area (Å²) in [6, 6.07) is 19.0. The molecule has 164 valence electrons. The maximum Gasteiger partial charge on any atom is 0.410 e. The predicted octanol–water partition coefficient (Wildman–Crippen LogP) is 4.16. The molecular formula is C25H32N4O2. The van der Waals surface area contributed by atoms with E-state index in [1.807, 2.05) is 26.8 Å². The summed E-state index contributed by atoms with van der Waals surface area (Å²) in [6.07, 6.45) is -0.250. The molecule has 2 heterocycles. The summed E-state index contributed by atoms with van der Waals surface area (Å²) in [6.45, 7) is 11.9. The lowest BCUT2D eigenvalue weighted by Crippen LogP contribution is -2.58. The molecule has 4 rings (SSSR count). The van der Waals surface area contributed by atoms with Crippen molar-refractivity contribution in [2.45, 2.75) is 51.8 Å². The molecule has 31 heavy (non-hydrogen) atoms. The van der Waals surface area contributed by atoms with Gasteiger partial charge in [-0.25, -0.2) is 4.79 Å². The highest BCUT2D eigenvalue weighted by Gasteiger charge is 2.39. The van der Waals surface area contributed by atoms with Gasteiger partial charge in [0.15, 0.2) is 5.84 Å². The summed E-state index contributed by atoms with van der Waals surface area (Å²) in [5.41, 5.74) is 6.06. The molecule has 1 fully saturated rings. The second kappa shape index (κ2) is 7.91. The number of ether oxygens (including phenoxy) is 1. The van der Waals surface area contributed by atoms with Crippen LogP contribution in [0.5, 0.6) is 0 Å². The Balaban J connectivity index is 1.59. The van der Waals surface area contributed by atoms with E-state index in [2.05, 4.69) is 72.7 Å². The Kier molecular flexibility index (Phi) is 5.42. The maximum absolute atomic E-state index is 12.5. The molecule has 0 radical (unpaired) electrons. The number of hydrogen-bond acceptors (Lipinski definition) is 5. The number of fused-ring (bicyclic) bond motifs is 1. The zero-order chi connectivity index (χ0) is 22.2. The van der Waals surface area contributed by atoms with E-state index < -0.39 is 11.1 Å². The minimum atomic E-state index is -0.490. The van der Waals surface area contributed by atoms with Crippen LogP contribution in [0.4, 0.5) is 4.79 Å². The van der Waals surface area contributed by atoms with Gasteiger partial charge < -0.3 is 14.5 Å². The fourth-order valence-corrected chi connectivity index (χ4v) is 4.37. The van der Waals surface area contributed by atoms with Crippen molar-refractivity contribution in [3.05, 3.63) is 71.3 Å². The lowest BCUT2D eigenvalue weighted by Gasteiger charge is -2.44. The van der Waals surface area contributed by atoms with Crippen LogP contribution in [0.1, 0.15) is 51.3 Å². The molecule has 1 saturated heterocycles. The van der Waals surface area contributed by atoms with E-state index in [9.17, 15) is 4.79 Å². The highest BCUT2D eigenvalue weighted by molar-refractivity contribution is 6.01. The zero-order valence-electron chi connectivity index (χ0n) is 19.1. The highest BCUT2D eigenvalue weighted by Crippen LogP contribution is 2.35. The van der Waals surface area contributed by atoms with Gasteiger partial charge in [-0.15, -0.1) is 0 Å². The Bertz CT molecular complexity index is 983. The van der Waals surface area contributed by atoms with Crippen LogP contribution in [-0.2, 0) is 10.3 Å². The van der Waals surface area contributed by atoms with E-state index in [0.29, 0.717) is 19.6 Å². The van der Waals surface area contributed by atoms with Crippen molar-refractivity contribution in [2.24, 2.45) is 5.10 Å². The van der Waals surface area contributed by atoms with Crippen molar-refractivity contribution >= 4 is 11.9 Å². The molecule has 1 amide bonds. The summed E-state index contributed by atoms with van der Waals surface area (Å²) in [5.74, 6) is 0.931. The molecule has 0 bridgehead atoms. The molecule has 0 spiro atoms. The van der Waals surface area contributed by atoms with Gasteiger partial charge in [-0.3, -0.25) is 5.43 Å². The normalized spacial score (nSPS) is 23.5. The third-order valence-electron chi connectivity index (χ3n) is 5.99. The topological polar surface area (TPSA) is 57.2 Å². The number of amidine groups is 1. The second-order valence-electron chi connectivity index (χ2n) is 9.55. The van der Waals surface area contributed by atoms with Gasteiger partial charge in [0.1, 0.15) is 11.1 Å². The van der Waals surface area contributed by atoms with E-state index in [-0.39, 0.29) is 12.1 Å². The number of piperazine rings is 1. The molecule has 1 N–H and O–H groups in total. The average molecular weight is 421 g/mol. The molecule has 2 aliphatic rings. The summed E-state index contributed by atoms with van der Waals surface area (Å²) >= 11 is 0. The van der Waals surface area contributed by atoms with Crippen molar-refractivity contribution in [1.29, 1.82) is 0 Å². The molecule has 1 unspecified atom stereocenters. The van der Waals surface area contributed by atoms with E-state index in [1.165, 1.54) is 11.1 Å². The fourth-order valence-electron chi connectivity index (χ4n) is 4.37. The largest absolute Gasteiger partial charge is 0.444 e. The number of amides is 1. The molecule has 2 aromatic rings. The van der Waals surface area contributed by atoms with Gasteiger partial charge >= 0.3 is 6.09 Å². The second-order valence-corrected chi connectivity index (χ2v) is 9.55. The van der Waals surface area contributed by atoms with Gasteiger partial charge in [-0.1, -0.05) is 54.6 Å². The average Bonchev–Trinajstić information content (AvgIpc) is 2.74. The summed E-state index contributed by atoms with van der Waals surface area (Å²) < 4.78 is 5.56. The number of nitrogens with one attached hydrogen (secondary N) is 1.